The van der Waals surface area contributed by atoms with Gasteiger partial charge in [0.25, 0.3) is 5.91 Å². The van der Waals surface area contributed by atoms with Crippen molar-refractivity contribution in [3.63, 3.8) is 0 Å². The number of halogens is 1. The van der Waals surface area contributed by atoms with Crippen LogP contribution in [0, 0.1) is 0 Å². The van der Waals surface area contributed by atoms with Gasteiger partial charge < -0.3 is 4.90 Å². The number of carbonyl (C=O) groups excluding carboxylic acids is 1. The Morgan fingerprint density at radius 3 is 2.81 bits per heavy atom. The van der Waals surface area contributed by atoms with Crippen LogP contribution in [0.2, 0.25) is 0 Å². The molecule has 0 N–H and O–H groups in total. The van der Waals surface area contributed by atoms with E-state index in [1.807, 2.05) is 22.4 Å². The van der Waals surface area contributed by atoms with Gasteiger partial charge in [-0.15, -0.1) is 0 Å². The zero-order valence-electron chi connectivity index (χ0n) is 13.7. The summed E-state index contributed by atoms with van der Waals surface area (Å²) in [7, 11) is 0. The summed E-state index contributed by atoms with van der Waals surface area (Å²) in [5, 5.41) is 6.38. The number of hydrogen-bond acceptors (Lipinski definition) is 6. The molecule has 0 unspecified atom stereocenters. The second kappa shape index (κ2) is 5.87. The predicted octanol–water partition coefficient (Wildman–Crippen LogP) is 2.43. The van der Waals surface area contributed by atoms with E-state index < -0.39 is 6.17 Å². The molecule has 9 heteroatoms. The standard InChI is InChI=1S/C17H15FN6OS/c18-11-3-4-22(7-11)16-2-1-12(5-19-16)24-8-14-15(21-24)9-23(17(14)25)13-6-20-26-10-13/h1-2,5-6,8,10-11H,3-4,7,9H2/t11-/m1/s1. The lowest BCUT2D eigenvalue weighted by Crippen LogP contribution is -2.23. The average molecular weight is 370 g/mol. The van der Waals surface area contributed by atoms with E-state index in [4.69, 9.17) is 0 Å². The van der Waals surface area contributed by atoms with Gasteiger partial charge in [-0.1, -0.05) is 0 Å². The van der Waals surface area contributed by atoms with Crippen molar-refractivity contribution in [3.05, 3.63) is 47.4 Å². The van der Waals surface area contributed by atoms with E-state index in [-0.39, 0.29) is 5.91 Å². The minimum atomic E-state index is -0.780. The molecule has 1 fully saturated rings. The normalized spacial score (nSPS) is 19.4. The van der Waals surface area contributed by atoms with Crippen LogP contribution in [0.3, 0.4) is 0 Å². The van der Waals surface area contributed by atoms with Gasteiger partial charge in [0, 0.05) is 18.1 Å². The third-order valence-electron chi connectivity index (χ3n) is 4.76. The molecular weight excluding hydrogens is 355 g/mol. The van der Waals surface area contributed by atoms with Crippen LogP contribution in [-0.2, 0) is 6.54 Å². The molecule has 26 heavy (non-hydrogen) atoms. The number of aromatic nitrogens is 4. The van der Waals surface area contributed by atoms with Crippen LogP contribution in [0.25, 0.3) is 5.69 Å². The summed E-state index contributed by atoms with van der Waals surface area (Å²) in [6, 6.07) is 3.76. The van der Waals surface area contributed by atoms with Crippen LogP contribution in [-0.4, -0.2) is 44.3 Å². The topological polar surface area (TPSA) is 67.2 Å². The summed E-state index contributed by atoms with van der Waals surface area (Å²) < 4.78 is 19.1. The van der Waals surface area contributed by atoms with Crippen molar-refractivity contribution in [2.24, 2.45) is 0 Å². The van der Waals surface area contributed by atoms with E-state index >= 15 is 0 Å². The Labute approximate surface area is 152 Å². The Morgan fingerprint density at radius 1 is 1.23 bits per heavy atom. The van der Waals surface area contributed by atoms with Gasteiger partial charge in [0.05, 0.1) is 48.1 Å². The number of amides is 1. The Balaban J connectivity index is 1.37. The summed E-state index contributed by atoms with van der Waals surface area (Å²) in [6.07, 6.45) is 4.90. The number of carbonyl (C=O) groups is 1. The van der Waals surface area contributed by atoms with E-state index in [1.165, 1.54) is 11.5 Å². The lowest BCUT2D eigenvalue weighted by molar-refractivity contribution is 0.0996. The van der Waals surface area contributed by atoms with Crippen LogP contribution in [0.15, 0.2) is 36.1 Å². The first-order chi connectivity index (χ1) is 12.7. The first kappa shape index (κ1) is 15.4. The molecule has 0 radical (unpaired) electrons. The fraction of sp³-hybridized carbons (Fsp3) is 0.294. The fourth-order valence-electron chi connectivity index (χ4n) is 3.37. The first-order valence-corrected chi connectivity index (χ1v) is 9.18. The van der Waals surface area contributed by atoms with E-state index in [0.29, 0.717) is 31.6 Å². The van der Waals surface area contributed by atoms with Gasteiger partial charge in [-0.25, -0.2) is 14.1 Å². The zero-order valence-corrected chi connectivity index (χ0v) is 14.6. The number of alkyl halides is 1. The second-order valence-electron chi connectivity index (χ2n) is 6.41. The minimum Gasteiger partial charge on any atom is -0.354 e. The number of rotatable bonds is 3. The molecule has 1 amide bonds. The fourth-order valence-corrected chi connectivity index (χ4v) is 3.90. The molecule has 3 aromatic rings. The SMILES string of the molecule is O=C1c2cn(-c3ccc(N4CC[C@@H](F)C4)nc3)nc2CN1c1cnsc1. The molecule has 0 bridgehead atoms. The van der Waals surface area contributed by atoms with Crippen molar-refractivity contribution >= 4 is 28.9 Å². The van der Waals surface area contributed by atoms with Gasteiger partial charge in [-0.05, 0) is 30.1 Å². The second-order valence-corrected chi connectivity index (χ2v) is 7.07. The largest absolute Gasteiger partial charge is 0.354 e. The average Bonchev–Trinajstić information content (AvgIpc) is 3.41. The highest BCUT2D eigenvalue weighted by Gasteiger charge is 2.32. The Kier molecular flexibility index (Phi) is 3.49. The van der Waals surface area contributed by atoms with Gasteiger partial charge in [0.1, 0.15) is 12.0 Å². The maximum atomic E-state index is 13.3. The molecular formula is C17H15FN6OS. The Morgan fingerprint density at radius 2 is 2.15 bits per heavy atom. The predicted molar refractivity (Wildman–Crippen MR) is 95.7 cm³/mol. The molecule has 1 atom stereocenters. The highest BCUT2D eigenvalue weighted by atomic mass is 32.1. The molecule has 2 aliphatic heterocycles. The van der Waals surface area contributed by atoms with Gasteiger partial charge in [0.2, 0.25) is 0 Å². The van der Waals surface area contributed by atoms with Crippen LogP contribution >= 0.6 is 11.5 Å². The molecule has 5 heterocycles. The van der Waals surface area contributed by atoms with Gasteiger partial charge >= 0.3 is 0 Å². The molecule has 5 rings (SSSR count). The molecule has 0 aromatic carbocycles. The molecule has 1 saturated heterocycles. The van der Waals surface area contributed by atoms with Crippen molar-refractivity contribution in [2.75, 3.05) is 22.9 Å². The van der Waals surface area contributed by atoms with Crippen molar-refractivity contribution in [3.8, 4) is 5.69 Å². The molecule has 0 aliphatic carbocycles. The number of pyridine rings is 1. The van der Waals surface area contributed by atoms with E-state index in [9.17, 15) is 9.18 Å². The lowest BCUT2D eigenvalue weighted by Gasteiger charge is -2.16. The van der Waals surface area contributed by atoms with E-state index in [2.05, 4.69) is 14.5 Å². The quantitative estimate of drug-likeness (QED) is 0.708. The number of fused-ring (bicyclic) bond motifs is 1. The van der Waals surface area contributed by atoms with E-state index in [1.54, 1.807) is 28.2 Å². The van der Waals surface area contributed by atoms with Crippen molar-refractivity contribution in [2.45, 2.75) is 19.1 Å². The minimum absolute atomic E-state index is 0.0675. The molecule has 7 nitrogen and oxygen atoms in total. The smallest absolute Gasteiger partial charge is 0.262 e. The third kappa shape index (κ3) is 2.47. The summed E-state index contributed by atoms with van der Waals surface area (Å²) in [6.45, 7) is 1.52. The zero-order chi connectivity index (χ0) is 17.7. The van der Waals surface area contributed by atoms with Gasteiger partial charge in [-0.2, -0.15) is 9.47 Å². The maximum Gasteiger partial charge on any atom is 0.262 e. The summed E-state index contributed by atoms with van der Waals surface area (Å²) in [5.41, 5.74) is 2.91. The van der Waals surface area contributed by atoms with Crippen molar-refractivity contribution < 1.29 is 9.18 Å². The maximum absolute atomic E-state index is 13.3. The highest BCUT2D eigenvalue weighted by molar-refractivity contribution is 7.04. The number of anilines is 2. The summed E-state index contributed by atoms with van der Waals surface area (Å²) >= 11 is 1.32. The molecule has 3 aromatic heterocycles. The monoisotopic (exact) mass is 370 g/mol. The van der Waals surface area contributed by atoms with E-state index in [0.717, 1.165) is 22.9 Å². The van der Waals surface area contributed by atoms with Crippen molar-refractivity contribution in [1.29, 1.82) is 0 Å². The van der Waals surface area contributed by atoms with Crippen LogP contribution < -0.4 is 9.80 Å². The molecule has 0 spiro atoms. The van der Waals surface area contributed by atoms with Gasteiger partial charge in [-0.3, -0.25) is 9.69 Å². The lowest BCUT2D eigenvalue weighted by atomic mass is 10.3. The van der Waals surface area contributed by atoms with Gasteiger partial charge in [0.15, 0.2) is 0 Å². The number of hydrogen-bond donors (Lipinski definition) is 0. The molecule has 0 saturated carbocycles. The Hall–Kier alpha value is -2.81. The highest BCUT2D eigenvalue weighted by Crippen LogP contribution is 2.29. The van der Waals surface area contributed by atoms with Crippen molar-refractivity contribution in [1.82, 2.24) is 19.1 Å². The third-order valence-corrected chi connectivity index (χ3v) is 5.33. The Bertz CT molecular complexity index is 954. The first-order valence-electron chi connectivity index (χ1n) is 8.34. The van der Waals surface area contributed by atoms with Crippen LogP contribution in [0.4, 0.5) is 15.9 Å². The van der Waals surface area contributed by atoms with Crippen LogP contribution in [0.5, 0.6) is 0 Å². The molecule has 2 aliphatic rings. The summed E-state index contributed by atoms with van der Waals surface area (Å²) in [5.74, 6) is 0.697. The van der Waals surface area contributed by atoms with Crippen LogP contribution in [0.1, 0.15) is 22.5 Å². The summed E-state index contributed by atoms with van der Waals surface area (Å²) in [4.78, 5) is 20.6. The number of nitrogens with zero attached hydrogens (tertiary/aromatic N) is 6. The molecule has 132 valence electrons.